The summed E-state index contributed by atoms with van der Waals surface area (Å²) in [6.07, 6.45) is 1.39. The Balaban J connectivity index is 2.12. The molecule has 0 aliphatic rings. The molecule has 4 nitrogen and oxygen atoms in total. The van der Waals surface area contributed by atoms with E-state index in [9.17, 15) is 9.59 Å². The van der Waals surface area contributed by atoms with Crippen molar-refractivity contribution in [3.8, 4) is 0 Å². The molecule has 0 saturated carbocycles. The molecule has 2 amide bonds. The minimum absolute atomic E-state index is 0.0647. The lowest BCUT2D eigenvalue weighted by atomic mass is 10.1. The lowest BCUT2D eigenvalue weighted by Crippen LogP contribution is -2.51. The lowest BCUT2D eigenvalue weighted by Gasteiger charge is -2.31. The first-order chi connectivity index (χ1) is 14.8. The Hall–Kier alpha value is -1.69. The van der Waals surface area contributed by atoms with Gasteiger partial charge in [-0.2, -0.15) is 0 Å². The van der Waals surface area contributed by atoms with E-state index in [-0.39, 0.29) is 23.6 Å². The van der Waals surface area contributed by atoms with Crippen LogP contribution < -0.4 is 5.32 Å². The highest BCUT2D eigenvalue weighted by molar-refractivity contribution is 7.99. The zero-order valence-corrected chi connectivity index (χ0v) is 20.6. The average Bonchev–Trinajstić information content (AvgIpc) is 2.75. The molecule has 2 aromatic carbocycles. The van der Waals surface area contributed by atoms with Crippen LogP contribution in [0.5, 0.6) is 0 Å². The second kappa shape index (κ2) is 13.0. The van der Waals surface area contributed by atoms with Crippen LogP contribution in [0.1, 0.15) is 44.7 Å². The summed E-state index contributed by atoms with van der Waals surface area (Å²) < 4.78 is 0. The molecular formula is C24H30Cl2N2O2S. The Morgan fingerprint density at radius 2 is 1.77 bits per heavy atom. The van der Waals surface area contributed by atoms with E-state index in [1.165, 1.54) is 11.8 Å². The monoisotopic (exact) mass is 480 g/mol. The van der Waals surface area contributed by atoms with E-state index in [1.807, 2.05) is 57.2 Å². The highest BCUT2D eigenvalue weighted by Gasteiger charge is 2.29. The van der Waals surface area contributed by atoms with Crippen molar-refractivity contribution in [1.82, 2.24) is 10.2 Å². The minimum Gasteiger partial charge on any atom is -0.352 e. The third-order valence-corrected chi connectivity index (χ3v) is 6.63. The first kappa shape index (κ1) is 25.6. The molecule has 2 aromatic rings. The van der Waals surface area contributed by atoms with Crippen molar-refractivity contribution in [3.05, 3.63) is 69.7 Å². The van der Waals surface area contributed by atoms with Crippen LogP contribution in [-0.4, -0.2) is 34.6 Å². The van der Waals surface area contributed by atoms with Crippen LogP contribution in [0, 0.1) is 0 Å². The van der Waals surface area contributed by atoms with E-state index in [1.54, 1.807) is 17.0 Å². The summed E-state index contributed by atoms with van der Waals surface area (Å²) in [6.45, 7) is 6.33. The van der Waals surface area contributed by atoms with Crippen LogP contribution in [0.2, 0.25) is 10.0 Å². The van der Waals surface area contributed by atoms with Gasteiger partial charge in [0.25, 0.3) is 0 Å². The van der Waals surface area contributed by atoms with Crippen molar-refractivity contribution in [2.24, 2.45) is 0 Å². The van der Waals surface area contributed by atoms with E-state index in [0.29, 0.717) is 28.8 Å². The Labute approximate surface area is 199 Å². The number of hydrogen-bond acceptors (Lipinski definition) is 3. The van der Waals surface area contributed by atoms with Crippen molar-refractivity contribution >= 4 is 46.8 Å². The Morgan fingerprint density at radius 3 is 2.39 bits per heavy atom. The molecule has 2 rings (SSSR count). The number of carbonyl (C=O) groups excluding carboxylic acids is 2. The van der Waals surface area contributed by atoms with Gasteiger partial charge in [-0.25, -0.2) is 0 Å². The van der Waals surface area contributed by atoms with Crippen LogP contribution in [0.4, 0.5) is 0 Å². The van der Waals surface area contributed by atoms with E-state index >= 15 is 0 Å². The average molecular weight is 481 g/mol. The van der Waals surface area contributed by atoms with Gasteiger partial charge in [0.2, 0.25) is 11.8 Å². The first-order valence-electron chi connectivity index (χ1n) is 10.5. The molecule has 0 spiro atoms. The van der Waals surface area contributed by atoms with Gasteiger partial charge in [0.05, 0.1) is 5.75 Å². The van der Waals surface area contributed by atoms with E-state index in [4.69, 9.17) is 23.2 Å². The van der Waals surface area contributed by atoms with Crippen LogP contribution in [-0.2, 0) is 21.9 Å². The second-order valence-corrected chi connectivity index (χ2v) is 9.31. The lowest BCUT2D eigenvalue weighted by molar-refractivity contribution is -0.139. The van der Waals surface area contributed by atoms with Gasteiger partial charge in [-0.05, 0) is 43.0 Å². The number of thioether (sulfide) groups is 1. The molecule has 0 bridgehead atoms. The van der Waals surface area contributed by atoms with Crippen molar-refractivity contribution in [2.75, 3.05) is 5.75 Å². The molecule has 168 valence electrons. The van der Waals surface area contributed by atoms with Gasteiger partial charge in [0.15, 0.2) is 0 Å². The van der Waals surface area contributed by atoms with Crippen LogP contribution in [0.3, 0.4) is 0 Å². The van der Waals surface area contributed by atoms with Gasteiger partial charge >= 0.3 is 0 Å². The van der Waals surface area contributed by atoms with Gasteiger partial charge in [-0.3, -0.25) is 9.59 Å². The predicted molar refractivity (Wildman–Crippen MR) is 132 cm³/mol. The maximum atomic E-state index is 13.2. The summed E-state index contributed by atoms with van der Waals surface area (Å²) in [5, 5.41) is 4.20. The normalized spacial score (nSPS) is 12.8. The van der Waals surface area contributed by atoms with Crippen LogP contribution in [0.15, 0.2) is 48.5 Å². The Morgan fingerprint density at radius 1 is 1.06 bits per heavy atom. The largest absolute Gasteiger partial charge is 0.352 e. The molecule has 1 N–H and O–H groups in total. The standard InChI is InChI=1S/C24H30Cl2N2O2S/c1-4-17(3)27-24(30)22(5-2)28(14-18-9-7-6-8-10-18)23(29)16-31-15-19-11-12-20(25)13-21(19)26/h6-13,17,22H,4-5,14-16H2,1-3H3,(H,27,30)/t17-,22+/m0/s1. The molecule has 0 aliphatic heterocycles. The highest BCUT2D eigenvalue weighted by atomic mass is 35.5. The van der Waals surface area contributed by atoms with Crippen LogP contribution >= 0.6 is 35.0 Å². The van der Waals surface area contributed by atoms with Crippen molar-refractivity contribution in [1.29, 1.82) is 0 Å². The van der Waals surface area contributed by atoms with E-state index in [2.05, 4.69) is 5.32 Å². The summed E-state index contributed by atoms with van der Waals surface area (Å²) in [5.41, 5.74) is 1.93. The molecular weight excluding hydrogens is 451 g/mol. The molecule has 0 saturated heterocycles. The van der Waals surface area contributed by atoms with Crippen molar-refractivity contribution in [3.63, 3.8) is 0 Å². The van der Waals surface area contributed by atoms with E-state index < -0.39 is 6.04 Å². The summed E-state index contributed by atoms with van der Waals surface area (Å²) in [7, 11) is 0. The maximum absolute atomic E-state index is 13.2. The molecule has 0 unspecified atom stereocenters. The van der Waals surface area contributed by atoms with E-state index in [0.717, 1.165) is 17.5 Å². The zero-order valence-electron chi connectivity index (χ0n) is 18.2. The highest BCUT2D eigenvalue weighted by Crippen LogP contribution is 2.25. The number of rotatable bonds is 11. The third-order valence-electron chi connectivity index (χ3n) is 5.08. The quantitative estimate of drug-likeness (QED) is 0.432. The molecule has 2 atom stereocenters. The maximum Gasteiger partial charge on any atom is 0.243 e. The van der Waals surface area contributed by atoms with Gasteiger partial charge in [0.1, 0.15) is 6.04 Å². The van der Waals surface area contributed by atoms with Gasteiger partial charge in [-0.15, -0.1) is 11.8 Å². The smallest absolute Gasteiger partial charge is 0.243 e. The molecule has 0 radical (unpaired) electrons. The Kier molecular flexibility index (Phi) is 10.7. The summed E-state index contributed by atoms with van der Waals surface area (Å²) in [4.78, 5) is 27.8. The molecule has 0 aromatic heterocycles. The molecule has 0 fully saturated rings. The summed E-state index contributed by atoms with van der Waals surface area (Å²) in [6, 6.07) is 14.7. The topological polar surface area (TPSA) is 49.4 Å². The van der Waals surface area contributed by atoms with Crippen molar-refractivity contribution < 1.29 is 9.59 Å². The number of nitrogens with zero attached hydrogens (tertiary/aromatic N) is 1. The molecule has 31 heavy (non-hydrogen) atoms. The number of nitrogens with one attached hydrogen (secondary N) is 1. The van der Waals surface area contributed by atoms with Gasteiger partial charge in [-0.1, -0.05) is 73.4 Å². The van der Waals surface area contributed by atoms with Gasteiger partial charge < -0.3 is 10.2 Å². The number of amides is 2. The minimum atomic E-state index is -0.513. The fourth-order valence-electron chi connectivity index (χ4n) is 3.11. The molecule has 0 aliphatic carbocycles. The fourth-order valence-corrected chi connectivity index (χ4v) is 4.58. The molecule has 7 heteroatoms. The predicted octanol–water partition coefficient (Wildman–Crippen LogP) is 5.95. The Bertz CT molecular complexity index is 864. The third kappa shape index (κ3) is 8.06. The van der Waals surface area contributed by atoms with Crippen LogP contribution in [0.25, 0.3) is 0 Å². The zero-order chi connectivity index (χ0) is 22.8. The fraction of sp³-hybridized carbons (Fsp3) is 0.417. The first-order valence-corrected chi connectivity index (χ1v) is 12.4. The summed E-state index contributed by atoms with van der Waals surface area (Å²) >= 11 is 13.7. The second-order valence-electron chi connectivity index (χ2n) is 7.48. The number of hydrogen-bond donors (Lipinski definition) is 1. The van der Waals surface area contributed by atoms with Crippen molar-refractivity contribution in [2.45, 2.75) is 58.0 Å². The SMILES string of the molecule is CC[C@H](C(=O)N[C@@H](C)CC)N(Cc1ccccc1)C(=O)CSCc1ccc(Cl)cc1Cl. The van der Waals surface area contributed by atoms with Gasteiger partial charge in [0, 0.05) is 28.4 Å². The number of carbonyl (C=O) groups is 2. The number of benzene rings is 2. The molecule has 0 heterocycles. The number of halogens is 2. The summed E-state index contributed by atoms with van der Waals surface area (Å²) in [5.74, 6) is 0.687.